The van der Waals surface area contributed by atoms with Crippen molar-refractivity contribution in [2.75, 3.05) is 13.7 Å². The molecule has 5 nitrogen and oxygen atoms in total. The van der Waals surface area contributed by atoms with E-state index in [-0.39, 0.29) is 5.43 Å². The third-order valence-electron chi connectivity index (χ3n) is 4.25. The van der Waals surface area contributed by atoms with Crippen molar-refractivity contribution in [3.8, 4) is 5.88 Å². The number of hydrogen-bond acceptors (Lipinski definition) is 4. The molecule has 132 valence electrons. The summed E-state index contributed by atoms with van der Waals surface area (Å²) in [7, 11) is 0.417. The Kier molecular flexibility index (Phi) is 4.92. The second-order valence-corrected chi connectivity index (χ2v) is 13.0. The van der Waals surface area contributed by atoms with Gasteiger partial charge in [-0.05, 0) is 24.2 Å². The zero-order chi connectivity index (χ0) is 18.0. The Morgan fingerprint density at radius 2 is 1.88 bits per heavy atom. The van der Waals surface area contributed by atoms with Crippen LogP contribution in [0, 0.1) is 0 Å². The molecule has 1 aromatic carbocycles. The molecule has 2 heterocycles. The van der Waals surface area contributed by atoms with Gasteiger partial charge in [-0.15, -0.1) is 0 Å². The molecule has 25 heavy (non-hydrogen) atoms. The van der Waals surface area contributed by atoms with E-state index in [9.17, 15) is 4.79 Å². The Labute approximate surface area is 148 Å². The lowest BCUT2D eigenvalue weighted by Crippen LogP contribution is -2.22. The number of methoxy groups -OCH3 is 1. The van der Waals surface area contributed by atoms with Crippen molar-refractivity contribution in [1.82, 2.24) is 9.55 Å². The number of para-hydroxylation sites is 1. The molecule has 0 aliphatic heterocycles. The van der Waals surface area contributed by atoms with E-state index >= 15 is 0 Å². The Morgan fingerprint density at radius 3 is 2.60 bits per heavy atom. The smallest absolute Gasteiger partial charge is 0.238 e. The second kappa shape index (κ2) is 6.97. The molecule has 2 aromatic heterocycles. The van der Waals surface area contributed by atoms with Crippen LogP contribution in [-0.4, -0.2) is 31.3 Å². The Bertz CT molecular complexity index is 960. The highest BCUT2D eigenvalue weighted by atomic mass is 28.3. The Hall–Kier alpha value is -2.18. The van der Waals surface area contributed by atoms with Gasteiger partial charge in [0.1, 0.15) is 12.2 Å². The average molecular weight is 356 g/mol. The summed E-state index contributed by atoms with van der Waals surface area (Å²) < 4.78 is 13.4. The van der Waals surface area contributed by atoms with E-state index in [1.165, 1.54) is 0 Å². The maximum atomic E-state index is 12.8. The molecule has 3 rings (SSSR count). The molecular weight excluding hydrogens is 332 g/mol. The quantitative estimate of drug-likeness (QED) is 0.382. The van der Waals surface area contributed by atoms with Gasteiger partial charge >= 0.3 is 0 Å². The molecule has 0 aliphatic rings. The first-order chi connectivity index (χ1) is 11.9. The minimum Gasteiger partial charge on any atom is -0.479 e. The number of benzene rings is 1. The topological polar surface area (TPSA) is 53.3 Å². The molecule has 6 heteroatoms. The third kappa shape index (κ3) is 3.60. The van der Waals surface area contributed by atoms with E-state index in [0.29, 0.717) is 35.5 Å². The highest BCUT2D eigenvalue weighted by Crippen LogP contribution is 2.25. The van der Waals surface area contributed by atoms with Gasteiger partial charge in [0.2, 0.25) is 5.88 Å². The van der Waals surface area contributed by atoms with E-state index in [1.807, 2.05) is 28.8 Å². The maximum absolute atomic E-state index is 12.8. The molecule has 0 fully saturated rings. The molecule has 0 saturated heterocycles. The largest absolute Gasteiger partial charge is 0.479 e. The van der Waals surface area contributed by atoms with Gasteiger partial charge in [-0.1, -0.05) is 31.8 Å². The minimum absolute atomic E-state index is 0.00958. The van der Waals surface area contributed by atoms with Crippen LogP contribution in [0.25, 0.3) is 21.8 Å². The average Bonchev–Trinajstić information content (AvgIpc) is 2.59. The lowest BCUT2D eigenvalue weighted by molar-refractivity contribution is 0.0923. The van der Waals surface area contributed by atoms with Crippen molar-refractivity contribution >= 4 is 29.9 Å². The monoisotopic (exact) mass is 356 g/mol. The standard InChI is InChI=1S/C19H24N2O3Si/c1-23-19-17-15(9-10-20-19)18(22)14-7-5-6-8-16(14)21(17)13-24-11-12-25(2,3)4/h5-10H,11-13H2,1-4H3. The molecule has 0 amide bonds. The maximum Gasteiger partial charge on any atom is 0.238 e. The van der Waals surface area contributed by atoms with Crippen molar-refractivity contribution < 1.29 is 9.47 Å². The van der Waals surface area contributed by atoms with Gasteiger partial charge in [0, 0.05) is 26.3 Å². The number of nitrogens with zero attached hydrogens (tertiary/aromatic N) is 2. The minimum atomic E-state index is -1.15. The lowest BCUT2D eigenvalue weighted by Gasteiger charge is -2.19. The van der Waals surface area contributed by atoms with E-state index < -0.39 is 8.07 Å². The van der Waals surface area contributed by atoms with Crippen LogP contribution in [0.15, 0.2) is 41.3 Å². The summed E-state index contributed by atoms with van der Waals surface area (Å²) in [5.41, 5.74) is 1.51. The second-order valence-electron chi connectivity index (χ2n) is 7.34. The van der Waals surface area contributed by atoms with Gasteiger partial charge in [0.25, 0.3) is 0 Å². The number of ether oxygens (including phenoxy) is 2. The van der Waals surface area contributed by atoms with Gasteiger partial charge < -0.3 is 14.0 Å². The third-order valence-corrected chi connectivity index (χ3v) is 5.96. The van der Waals surface area contributed by atoms with E-state index in [1.54, 1.807) is 19.4 Å². The summed E-state index contributed by atoms with van der Waals surface area (Å²) in [4.78, 5) is 17.1. The van der Waals surface area contributed by atoms with Crippen LogP contribution in [0.5, 0.6) is 5.88 Å². The predicted molar refractivity (Wildman–Crippen MR) is 104 cm³/mol. The molecule has 0 radical (unpaired) electrons. The van der Waals surface area contributed by atoms with E-state index in [2.05, 4.69) is 24.6 Å². The summed E-state index contributed by atoms with van der Waals surface area (Å²) in [5.74, 6) is 0.439. The van der Waals surface area contributed by atoms with Crippen LogP contribution >= 0.6 is 0 Å². The van der Waals surface area contributed by atoms with E-state index in [0.717, 1.165) is 11.6 Å². The van der Waals surface area contributed by atoms with Crippen LogP contribution < -0.4 is 10.2 Å². The number of hydrogen-bond donors (Lipinski definition) is 0. The van der Waals surface area contributed by atoms with Gasteiger partial charge in [-0.3, -0.25) is 4.79 Å². The molecule has 0 bridgehead atoms. The first-order valence-corrected chi connectivity index (χ1v) is 12.1. The molecule has 0 spiro atoms. The molecule has 0 atom stereocenters. The zero-order valence-corrected chi connectivity index (χ0v) is 16.2. The summed E-state index contributed by atoms with van der Waals surface area (Å²) in [6, 6.07) is 10.4. The van der Waals surface area contributed by atoms with Crippen LogP contribution in [0.2, 0.25) is 25.7 Å². The van der Waals surface area contributed by atoms with E-state index in [4.69, 9.17) is 9.47 Å². The SMILES string of the molecule is COc1nccc2c(=O)c3ccccc3n(COCC[Si](C)(C)C)c12. The highest BCUT2D eigenvalue weighted by Gasteiger charge is 2.16. The van der Waals surface area contributed by atoms with Gasteiger partial charge in [-0.25, -0.2) is 4.98 Å². The fourth-order valence-corrected chi connectivity index (χ4v) is 3.62. The van der Waals surface area contributed by atoms with Gasteiger partial charge in [0.05, 0.1) is 18.0 Å². The summed E-state index contributed by atoms with van der Waals surface area (Å²) in [6.45, 7) is 8.05. The Morgan fingerprint density at radius 1 is 1.12 bits per heavy atom. The number of aromatic nitrogens is 2. The van der Waals surface area contributed by atoms with Crippen molar-refractivity contribution in [3.05, 3.63) is 46.8 Å². The predicted octanol–water partition coefficient (Wildman–Crippen LogP) is 3.87. The fourth-order valence-electron chi connectivity index (χ4n) is 2.86. The summed E-state index contributed by atoms with van der Waals surface area (Å²) in [6.07, 6.45) is 1.60. The van der Waals surface area contributed by atoms with Gasteiger partial charge in [-0.2, -0.15) is 0 Å². The van der Waals surface area contributed by atoms with Crippen molar-refractivity contribution in [2.45, 2.75) is 32.4 Å². The lowest BCUT2D eigenvalue weighted by atomic mass is 10.1. The first kappa shape index (κ1) is 17.6. The molecule has 0 N–H and O–H groups in total. The van der Waals surface area contributed by atoms with Crippen LogP contribution in [0.1, 0.15) is 0 Å². The van der Waals surface area contributed by atoms with Crippen LogP contribution in [-0.2, 0) is 11.5 Å². The van der Waals surface area contributed by atoms with Crippen LogP contribution in [0.3, 0.4) is 0 Å². The molecule has 3 aromatic rings. The molecule has 0 aliphatic carbocycles. The number of rotatable bonds is 6. The molecule has 0 saturated carbocycles. The first-order valence-electron chi connectivity index (χ1n) is 8.44. The van der Waals surface area contributed by atoms with Crippen molar-refractivity contribution in [1.29, 1.82) is 0 Å². The van der Waals surface area contributed by atoms with Crippen molar-refractivity contribution in [3.63, 3.8) is 0 Å². The molecule has 0 unspecified atom stereocenters. The van der Waals surface area contributed by atoms with Gasteiger partial charge in [0.15, 0.2) is 5.43 Å². The zero-order valence-electron chi connectivity index (χ0n) is 15.2. The highest BCUT2D eigenvalue weighted by molar-refractivity contribution is 6.76. The molecular formula is C19H24N2O3Si. The summed E-state index contributed by atoms with van der Waals surface area (Å²) in [5, 5.41) is 1.27. The normalized spacial score (nSPS) is 12.0. The number of fused-ring (bicyclic) bond motifs is 2. The van der Waals surface area contributed by atoms with Crippen molar-refractivity contribution in [2.24, 2.45) is 0 Å². The van der Waals surface area contributed by atoms with Crippen LogP contribution in [0.4, 0.5) is 0 Å². The summed E-state index contributed by atoms with van der Waals surface area (Å²) >= 11 is 0. The number of pyridine rings is 2. The Balaban J connectivity index is 2.13. The fraction of sp³-hybridized carbons (Fsp3) is 0.368.